The second kappa shape index (κ2) is 5.26. The third-order valence-electron chi connectivity index (χ3n) is 2.40. The van der Waals surface area contributed by atoms with Crippen molar-refractivity contribution in [2.45, 2.75) is 51.4 Å². The standard InChI is InChI=1S/C11H19NO/c1-4-5-6-12-11-7-9(2)13-10(3)8-11/h1,9-12H,5-8H2,2-3H3. The maximum Gasteiger partial charge on any atom is 0.0565 e. The Kier molecular flexibility index (Phi) is 4.27. The van der Waals surface area contributed by atoms with E-state index in [9.17, 15) is 0 Å². The molecule has 2 unspecified atom stereocenters. The molecule has 2 atom stereocenters. The van der Waals surface area contributed by atoms with Gasteiger partial charge in [0.15, 0.2) is 0 Å². The van der Waals surface area contributed by atoms with Crippen molar-refractivity contribution in [3.8, 4) is 12.3 Å². The smallest absolute Gasteiger partial charge is 0.0565 e. The Bertz CT molecular complexity index is 175. The highest BCUT2D eigenvalue weighted by Crippen LogP contribution is 2.18. The normalized spacial score (nSPS) is 34.1. The lowest BCUT2D eigenvalue weighted by molar-refractivity contribution is -0.0418. The van der Waals surface area contributed by atoms with Crippen LogP contribution in [0.4, 0.5) is 0 Å². The van der Waals surface area contributed by atoms with Crippen molar-refractivity contribution >= 4 is 0 Å². The summed E-state index contributed by atoms with van der Waals surface area (Å²) < 4.78 is 5.64. The molecule has 0 aliphatic carbocycles. The summed E-state index contributed by atoms with van der Waals surface area (Å²) in [5.41, 5.74) is 0. The molecule has 1 aliphatic rings. The lowest BCUT2D eigenvalue weighted by atomic mass is 10.00. The topological polar surface area (TPSA) is 21.3 Å². The van der Waals surface area contributed by atoms with Gasteiger partial charge in [0.2, 0.25) is 0 Å². The van der Waals surface area contributed by atoms with Crippen molar-refractivity contribution < 1.29 is 4.74 Å². The van der Waals surface area contributed by atoms with E-state index in [2.05, 4.69) is 25.1 Å². The van der Waals surface area contributed by atoms with Gasteiger partial charge in [0.1, 0.15) is 0 Å². The highest BCUT2D eigenvalue weighted by Gasteiger charge is 2.23. The summed E-state index contributed by atoms with van der Waals surface area (Å²) in [6, 6.07) is 0.590. The molecule has 1 N–H and O–H groups in total. The highest BCUT2D eigenvalue weighted by molar-refractivity contribution is 4.86. The van der Waals surface area contributed by atoms with Gasteiger partial charge in [-0.05, 0) is 26.7 Å². The van der Waals surface area contributed by atoms with Crippen molar-refractivity contribution in [3.05, 3.63) is 0 Å². The molecule has 1 saturated heterocycles. The minimum Gasteiger partial charge on any atom is -0.375 e. The molecule has 74 valence electrons. The average Bonchev–Trinajstić information content (AvgIpc) is 2.03. The Hall–Kier alpha value is -0.520. The molecule has 1 fully saturated rings. The van der Waals surface area contributed by atoms with Crippen molar-refractivity contribution in [2.75, 3.05) is 6.54 Å². The Labute approximate surface area is 81.0 Å². The summed E-state index contributed by atoms with van der Waals surface area (Å²) in [6.07, 6.45) is 8.98. The highest BCUT2D eigenvalue weighted by atomic mass is 16.5. The first-order chi connectivity index (χ1) is 6.22. The van der Waals surface area contributed by atoms with Gasteiger partial charge in [-0.1, -0.05) is 0 Å². The first-order valence-electron chi connectivity index (χ1n) is 5.04. The summed E-state index contributed by atoms with van der Waals surface area (Å²) in [4.78, 5) is 0. The Morgan fingerprint density at radius 3 is 2.54 bits per heavy atom. The van der Waals surface area contributed by atoms with Gasteiger partial charge in [-0.2, -0.15) is 0 Å². The molecular weight excluding hydrogens is 162 g/mol. The van der Waals surface area contributed by atoms with Crippen LogP contribution in [0.2, 0.25) is 0 Å². The molecule has 0 aromatic rings. The molecule has 2 heteroatoms. The van der Waals surface area contributed by atoms with Gasteiger partial charge in [-0.3, -0.25) is 0 Å². The van der Waals surface area contributed by atoms with E-state index in [1.807, 2.05) is 0 Å². The molecule has 1 heterocycles. The van der Waals surface area contributed by atoms with Gasteiger partial charge in [-0.25, -0.2) is 0 Å². The second-order valence-corrected chi connectivity index (χ2v) is 3.83. The zero-order valence-electron chi connectivity index (χ0n) is 8.55. The van der Waals surface area contributed by atoms with Gasteiger partial charge in [0.25, 0.3) is 0 Å². The molecule has 0 saturated carbocycles. The average molecular weight is 181 g/mol. The van der Waals surface area contributed by atoms with E-state index in [0.717, 1.165) is 25.8 Å². The van der Waals surface area contributed by atoms with Crippen LogP contribution in [0.5, 0.6) is 0 Å². The largest absolute Gasteiger partial charge is 0.375 e. The van der Waals surface area contributed by atoms with Crippen LogP contribution in [0.15, 0.2) is 0 Å². The van der Waals surface area contributed by atoms with Crippen LogP contribution in [-0.2, 0) is 4.74 Å². The van der Waals surface area contributed by atoms with Crippen molar-refractivity contribution in [1.82, 2.24) is 5.32 Å². The van der Waals surface area contributed by atoms with E-state index in [4.69, 9.17) is 11.2 Å². The first kappa shape index (κ1) is 10.6. The van der Waals surface area contributed by atoms with Gasteiger partial charge in [0.05, 0.1) is 12.2 Å². The zero-order chi connectivity index (χ0) is 9.68. The molecule has 0 amide bonds. The molecule has 0 radical (unpaired) electrons. The summed E-state index contributed by atoms with van der Waals surface area (Å²) in [6.45, 7) is 5.19. The summed E-state index contributed by atoms with van der Waals surface area (Å²) in [5.74, 6) is 2.64. The Morgan fingerprint density at radius 1 is 1.38 bits per heavy atom. The van der Waals surface area contributed by atoms with Crippen LogP contribution in [0.1, 0.15) is 33.1 Å². The Morgan fingerprint density at radius 2 is 2.00 bits per heavy atom. The Balaban J connectivity index is 2.22. The zero-order valence-corrected chi connectivity index (χ0v) is 8.55. The van der Waals surface area contributed by atoms with Crippen molar-refractivity contribution in [2.24, 2.45) is 0 Å². The van der Waals surface area contributed by atoms with Crippen LogP contribution in [-0.4, -0.2) is 24.8 Å². The lowest BCUT2D eigenvalue weighted by Gasteiger charge is -2.32. The van der Waals surface area contributed by atoms with Crippen LogP contribution < -0.4 is 5.32 Å². The summed E-state index contributed by atoms with van der Waals surface area (Å²) in [5, 5.41) is 3.46. The van der Waals surface area contributed by atoms with E-state index in [-0.39, 0.29) is 0 Å². The third kappa shape index (κ3) is 3.80. The van der Waals surface area contributed by atoms with Gasteiger partial charge >= 0.3 is 0 Å². The molecule has 1 rings (SSSR count). The molecule has 0 spiro atoms. The molecule has 13 heavy (non-hydrogen) atoms. The lowest BCUT2D eigenvalue weighted by Crippen LogP contribution is -2.41. The monoisotopic (exact) mass is 181 g/mol. The minimum absolute atomic E-state index is 0.382. The van der Waals surface area contributed by atoms with Gasteiger partial charge < -0.3 is 10.1 Å². The minimum atomic E-state index is 0.382. The molecule has 0 aromatic carbocycles. The molecule has 0 bridgehead atoms. The SMILES string of the molecule is C#CCCNC1CC(C)OC(C)C1. The van der Waals surface area contributed by atoms with E-state index in [0.29, 0.717) is 18.2 Å². The molecular formula is C11H19NO. The van der Waals surface area contributed by atoms with E-state index >= 15 is 0 Å². The molecule has 2 nitrogen and oxygen atoms in total. The second-order valence-electron chi connectivity index (χ2n) is 3.83. The number of rotatable bonds is 3. The quantitative estimate of drug-likeness (QED) is 0.527. The van der Waals surface area contributed by atoms with E-state index < -0.39 is 0 Å². The van der Waals surface area contributed by atoms with E-state index in [1.165, 1.54) is 0 Å². The van der Waals surface area contributed by atoms with Crippen molar-refractivity contribution in [1.29, 1.82) is 0 Å². The maximum absolute atomic E-state index is 5.64. The first-order valence-corrected chi connectivity index (χ1v) is 5.04. The van der Waals surface area contributed by atoms with Crippen LogP contribution in [0.3, 0.4) is 0 Å². The fourth-order valence-electron chi connectivity index (χ4n) is 1.92. The van der Waals surface area contributed by atoms with Crippen LogP contribution in [0.25, 0.3) is 0 Å². The van der Waals surface area contributed by atoms with Crippen molar-refractivity contribution in [3.63, 3.8) is 0 Å². The fraction of sp³-hybridized carbons (Fsp3) is 0.818. The van der Waals surface area contributed by atoms with Crippen LogP contribution >= 0.6 is 0 Å². The predicted molar refractivity (Wildman–Crippen MR) is 54.5 cm³/mol. The summed E-state index contributed by atoms with van der Waals surface area (Å²) >= 11 is 0. The molecule has 1 aliphatic heterocycles. The van der Waals surface area contributed by atoms with Gasteiger partial charge in [-0.15, -0.1) is 12.3 Å². The third-order valence-corrected chi connectivity index (χ3v) is 2.40. The number of terminal acetylenes is 1. The van der Waals surface area contributed by atoms with E-state index in [1.54, 1.807) is 0 Å². The molecule has 0 aromatic heterocycles. The predicted octanol–water partition coefficient (Wildman–Crippen LogP) is 1.56. The number of hydrogen-bond donors (Lipinski definition) is 1. The number of nitrogens with one attached hydrogen (secondary N) is 1. The maximum atomic E-state index is 5.64. The fourth-order valence-corrected chi connectivity index (χ4v) is 1.92. The summed E-state index contributed by atoms with van der Waals surface area (Å²) in [7, 11) is 0. The van der Waals surface area contributed by atoms with Crippen LogP contribution in [0, 0.1) is 12.3 Å². The van der Waals surface area contributed by atoms with Gasteiger partial charge in [0, 0.05) is 19.0 Å². The number of hydrogen-bond acceptors (Lipinski definition) is 2. The number of ether oxygens (including phenoxy) is 1.